The van der Waals surface area contributed by atoms with Crippen LogP contribution in [-0.4, -0.2) is 10.9 Å². The quantitative estimate of drug-likeness (QED) is 0.873. The number of aromatic nitrogens is 1. The van der Waals surface area contributed by atoms with Crippen LogP contribution in [0.5, 0.6) is 0 Å². The SMILES string of the molecule is Cc1cnc(Cl)c(NC(=O)Cc2ccc(Cl)cc2)c1. The van der Waals surface area contributed by atoms with Gasteiger partial charge >= 0.3 is 0 Å². The highest BCUT2D eigenvalue weighted by molar-refractivity contribution is 6.32. The minimum Gasteiger partial charge on any atom is -0.323 e. The lowest BCUT2D eigenvalue weighted by Gasteiger charge is -2.07. The highest BCUT2D eigenvalue weighted by Gasteiger charge is 2.08. The number of amides is 1. The number of benzene rings is 1. The van der Waals surface area contributed by atoms with Crippen LogP contribution in [0.4, 0.5) is 5.69 Å². The normalized spacial score (nSPS) is 10.3. The highest BCUT2D eigenvalue weighted by atomic mass is 35.5. The minimum absolute atomic E-state index is 0.142. The molecule has 0 unspecified atom stereocenters. The lowest BCUT2D eigenvalue weighted by atomic mass is 10.1. The van der Waals surface area contributed by atoms with Crippen molar-refractivity contribution >= 4 is 34.8 Å². The third kappa shape index (κ3) is 3.94. The van der Waals surface area contributed by atoms with Crippen molar-refractivity contribution in [3.05, 3.63) is 57.8 Å². The van der Waals surface area contributed by atoms with E-state index >= 15 is 0 Å². The van der Waals surface area contributed by atoms with E-state index in [0.29, 0.717) is 10.7 Å². The number of hydrogen-bond donors (Lipinski definition) is 1. The Bertz CT molecular complexity index is 597. The summed E-state index contributed by atoms with van der Waals surface area (Å²) in [5.74, 6) is -0.142. The molecule has 0 radical (unpaired) electrons. The van der Waals surface area contributed by atoms with Gasteiger partial charge in [-0.05, 0) is 36.2 Å². The van der Waals surface area contributed by atoms with Crippen molar-refractivity contribution in [2.24, 2.45) is 0 Å². The van der Waals surface area contributed by atoms with E-state index in [0.717, 1.165) is 11.1 Å². The molecule has 0 spiro atoms. The predicted octanol–water partition coefficient (Wildman–Crippen LogP) is 3.88. The topological polar surface area (TPSA) is 42.0 Å². The number of carbonyl (C=O) groups excluding carboxylic acids is 1. The van der Waals surface area contributed by atoms with Crippen molar-refractivity contribution in [1.29, 1.82) is 0 Å². The summed E-state index contributed by atoms with van der Waals surface area (Å²) in [6.45, 7) is 1.89. The zero-order chi connectivity index (χ0) is 13.8. The Morgan fingerprint density at radius 2 is 1.95 bits per heavy atom. The first kappa shape index (κ1) is 13.8. The van der Waals surface area contributed by atoms with Crippen molar-refractivity contribution in [3.8, 4) is 0 Å². The molecule has 1 heterocycles. The van der Waals surface area contributed by atoms with Crippen LogP contribution in [0, 0.1) is 6.92 Å². The molecule has 3 nitrogen and oxygen atoms in total. The Labute approximate surface area is 121 Å². The molecule has 0 saturated carbocycles. The number of aryl methyl sites for hydroxylation is 1. The van der Waals surface area contributed by atoms with E-state index in [1.807, 2.05) is 19.1 Å². The number of nitrogens with zero attached hydrogens (tertiary/aromatic N) is 1. The molecule has 0 aliphatic rings. The van der Waals surface area contributed by atoms with Gasteiger partial charge in [0.2, 0.25) is 5.91 Å². The van der Waals surface area contributed by atoms with Crippen molar-refractivity contribution in [2.45, 2.75) is 13.3 Å². The third-order valence-corrected chi connectivity index (χ3v) is 3.08. The standard InChI is InChI=1S/C14H12Cl2N2O/c1-9-6-12(14(16)17-8-9)18-13(19)7-10-2-4-11(15)5-3-10/h2-6,8H,7H2,1H3,(H,18,19). The number of hydrogen-bond acceptors (Lipinski definition) is 2. The van der Waals surface area contributed by atoms with Crippen molar-refractivity contribution in [2.75, 3.05) is 5.32 Å². The number of anilines is 1. The van der Waals surface area contributed by atoms with E-state index in [1.165, 1.54) is 0 Å². The van der Waals surface area contributed by atoms with Gasteiger partial charge in [-0.3, -0.25) is 4.79 Å². The molecule has 2 aromatic rings. The maximum Gasteiger partial charge on any atom is 0.228 e. The predicted molar refractivity (Wildman–Crippen MR) is 77.8 cm³/mol. The van der Waals surface area contributed by atoms with E-state index in [1.54, 1.807) is 24.4 Å². The fourth-order valence-electron chi connectivity index (χ4n) is 1.62. The lowest BCUT2D eigenvalue weighted by Crippen LogP contribution is -2.15. The first-order valence-corrected chi connectivity index (χ1v) is 6.46. The van der Waals surface area contributed by atoms with Gasteiger partial charge in [-0.1, -0.05) is 35.3 Å². The average Bonchev–Trinajstić information content (AvgIpc) is 2.37. The molecule has 0 saturated heterocycles. The number of rotatable bonds is 3. The van der Waals surface area contributed by atoms with Crippen molar-refractivity contribution < 1.29 is 4.79 Å². The largest absolute Gasteiger partial charge is 0.323 e. The monoisotopic (exact) mass is 294 g/mol. The van der Waals surface area contributed by atoms with Crippen LogP contribution < -0.4 is 5.32 Å². The summed E-state index contributed by atoms with van der Waals surface area (Å²) in [7, 11) is 0. The summed E-state index contributed by atoms with van der Waals surface area (Å²) in [4.78, 5) is 15.9. The van der Waals surface area contributed by atoms with Gasteiger partial charge in [0.05, 0.1) is 12.1 Å². The molecule has 0 fully saturated rings. The second kappa shape index (κ2) is 6.04. The van der Waals surface area contributed by atoms with Crippen LogP contribution >= 0.6 is 23.2 Å². The smallest absolute Gasteiger partial charge is 0.228 e. The van der Waals surface area contributed by atoms with E-state index < -0.39 is 0 Å². The third-order valence-electron chi connectivity index (χ3n) is 2.53. The summed E-state index contributed by atoms with van der Waals surface area (Å²) < 4.78 is 0. The van der Waals surface area contributed by atoms with Crippen LogP contribution in [0.15, 0.2) is 36.5 Å². The Morgan fingerprint density at radius 3 is 2.63 bits per heavy atom. The second-order valence-corrected chi connectivity index (χ2v) is 5.00. The fraction of sp³-hybridized carbons (Fsp3) is 0.143. The van der Waals surface area contributed by atoms with E-state index in [2.05, 4.69) is 10.3 Å². The first-order chi connectivity index (χ1) is 9.04. The van der Waals surface area contributed by atoms with Crippen molar-refractivity contribution in [3.63, 3.8) is 0 Å². The van der Waals surface area contributed by atoms with Gasteiger partial charge in [0.15, 0.2) is 5.15 Å². The van der Waals surface area contributed by atoms with E-state index in [9.17, 15) is 4.79 Å². The number of halogens is 2. The summed E-state index contributed by atoms with van der Waals surface area (Å²) in [5.41, 5.74) is 2.35. The summed E-state index contributed by atoms with van der Waals surface area (Å²) in [6.07, 6.45) is 1.92. The fourth-order valence-corrected chi connectivity index (χ4v) is 1.90. The first-order valence-electron chi connectivity index (χ1n) is 5.71. The molecule has 0 aliphatic carbocycles. The molecule has 0 bridgehead atoms. The van der Waals surface area contributed by atoms with Crippen LogP contribution in [0.25, 0.3) is 0 Å². The number of pyridine rings is 1. The van der Waals surface area contributed by atoms with Gasteiger partial charge in [0, 0.05) is 11.2 Å². The average molecular weight is 295 g/mol. The van der Waals surface area contributed by atoms with Crippen LogP contribution in [-0.2, 0) is 11.2 Å². The summed E-state index contributed by atoms with van der Waals surface area (Å²) in [6, 6.07) is 8.93. The molecule has 98 valence electrons. The van der Waals surface area contributed by atoms with Gasteiger partial charge < -0.3 is 5.32 Å². The molecule has 0 atom stereocenters. The Balaban J connectivity index is 2.05. The maximum atomic E-state index is 11.9. The summed E-state index contributed by atoms with van der Waals surface area (Å²) in [5, 5.41) is 3.68. The van der Waals surface area contributed by atoms with Gasteiger partial charge in [0.1, 0.15) is 0 Å². The van der Waals surface area contributed by atoms with Crippen molar-refractivity contribution in [1.82, 2.24) is 4.98 Å². The van der Waals surface area contributed by atoms with Crippen LogP contribution in [0.2, 0.25) is 10.2 Å². The number of carbonyl (C=O) groups is 1. The van der Waals surface area contributed by atoms with Gasteiger partial charge in [-0.25, -0.2) is 4.98 Å². The zero-order valence-corrected chi connectivity index (χ0v) is 11.8. The molecule has 1 aromatic heterocycles. The van der Waals surface area contributed by atoms with Crippen LogP contribution in [0.3, 0.4) is 0 Å². The van der Waals surface area contributed by atoms with E-state index in [-0.39, 0.29) is 17.5 Å². The van der Waals surface area contributed by atoms with E-state index in [4.69, 9.17) is 23.2 Å². The molecule has 1 aromatic carbocycles. The lowest BCUT2D eigenvalue weighted by molar-refractivity contribution is -0.115. The summed E-state index contributed by atoms with van der Waals surface area (Å²) >= 11 is 11.7. The van der Waals surface area contributed by atoms with Gasteiger partial charge in [-0.2, -0.15) is 0 Å². The molecule has 1 amide bonds. The number of nitrogens with one attached hydrogen (secondary N) is 1. The molecular formula is C14H12Cl2N2O. The Hall–Kier alpha value is -1.58. The zero-order valence-electron chi connectivity index (χ0n) is 10.3. The maximum absolute atomic E-state index is 11.9. The molecule has 19 heavy (non-hydrogen) atoms. The molecule has 0 aliphatic heterocycles. The minimum atomic E-state index is -0.142. The molecule has 2 rings (SSSR count). The molecule has 1 N–H and O–H groups in total. The van der Waals surface area contributed by atoms with Gasteiger partial charge in [-0.15, -0.1) is 0 Å². The Morgan fingerprint density at radius 1 is 1.26 bits per heavy atom. The molecule has 5 heteroatoms. The second-order valence-electron chi connectivity index (χ2n) is 4.20. The molecular weight excluding hydrogens is 283 g/mol. The van der Waals surface area contributed by atoms with Crippen LogP contribution in [0.1, 0.15) is 11.1 Å². The highest BCUT2D eigenvalue weighted by Crippen LogP contribution is 2.20. The van der Waals surface area contributed by atoms with Gasteiger partial charge in [0.25, 0.3) is 0 Å². The Kier molecular flexibility index (Phi) is 4.40.